The highest BCUT2D eigenvalue weighted by atomic mass is 19.1. The van der Waals surface area contributed by atoms with E-state index in [1.807, 2.05) is 0 Å². The molecule has 0 unspecified atom stereocenters. The fourth-order valence-corrected chi connectivity index (χ4v) is 1.86. The van der Waals surface area contributed by atoms with Crippen LogP contribution in [0.15, 0.2) is 48.7 Å². The van der Waals surface area contributed by atoms with Gasteiger partial charge in [0.2, 0.25) is 0 Å². The predicted molar refractivity (Wildman–Crippen MR) is 70.4 cm³/mol. The summed E-state index contributed by atoms with van der Waals surface area (Å²) < 4.78 is 13.5. The van der Waals surface area contributed by atoms with Gasteiger partial charge in [-0.3, -0.25) is 9.89 Å². The van der Waals surface area contributed by atoms with Crippen LogP contribution in [0.25, 0.3) is 10.9 Å². The molecular formula is C14H10FN3O. The van der Waals surface area contributed by atoms with Crippen LogP contribution in [0, 0.1) is 5.82 Å². The van der Waals surface area contributed by atoms with Crippen molar-refractivity contribution in [2.24, 2.45) is 0 Å². The summed E-state index contributed by atoms with van der Waals surface area (Å²) in [5.74, 6) is -1.01. The van der Waals surface area contributed by atoms with Crippen molar-refractivity contribution in [1.82, 2.24) is 10.2 Å². The molecule has 0 saturated carbocycles. The first-order valence-corrected chi connectivity index (χ1v) is 5.73. The summed E-state index contributed by atoms with van der Waals surface area (Å²) in [5, 5.41) is 10.3. The number of carbonyl (C=O) groups excluding carboxylic acids is 1. The molecule has 2 N–H and O–H groups in total. The van der Waals surface area contributed by atoms with E-state index in [9.17, 15) is 9.18 Å². The average molecular weight is 255 g/mol. The number of fused-ring (bicyclic) bond motifs is 1. The molecule has 94 valence electrons. The molecule has 4 nitrogen and oxygen atoms in total. The van der Waals surface area contributed by atoms with Gasteiger partial charge in [0.25, 0.3) is 5.91 Å². The Bertz CT molecular complexity index is 751. The maximum Gasteiger partial charge on any atom is 0.258 e. The molecule has 3 aromatic rings. The molecule has 1 heterocycles. The molecule has 2 aromatic carbocycles. The number of amides is 1. The molecule has 0 atom stereocenters. The molecule has 0 aliphatic rings. The number of aromatic nitrogens is 2. The van der Waals surface area contributed by atoms with Crippen molar-refractivity contribution in [2.75, 3.05) is 5.32 Å². The van der Waals surface area contributed by atoms with Gasteiger partial charge in [0.15, 0.2) is 0 Å². The first kappa shape index (κ1) is 11.4. The van der Waals surface area contributed by atoms with Gasteiger partial charge >= 0.3 is 0 Å². The van der Waals surface area contributed by atoms with Crippen molar-refractivity contribution in [1.29, 1.82) is 0 Å². The second-order valence-corrected chi connectivity index (χ2v) is 4.11. The highest BCUT2D eigenvalue weighted by Crippen LogP contribution is 2.18. The monoisotopic (exact) mass is 255 g/mol. The summed E-state index contributed by atoms with van der Waals surface area (Å²) in [6, 6.07) is 11.2. The lowest BCUT2D eigenvalue weighted by atomic mass is 10.2. The second kappa shape index (κ2) is 4.53. The fourth-order valence-electron chi connectivity index (χ4n) is 1.86. The minimum Gasteiger partial charge on any atom is -0.322 e. The largest absolute Gasteiger partial charge is 0.322 e. The molecule has 0 fully saturated rings. The quantitative estimate of drug-likeness (QED) is 0.739. The average Bonchev–Trinajstić information content (AvgIpc) is 2.86. The van der Waals surface area contributed by atoms with E-state index < -0.39 is 11.7 Å². The summed E-state index contributed by atoms with van der Waals surface area (Å²) in [6.07, 6.45) is 1.66. The Kier molecular flexibility index (Phi) is 2.72. The van der Waals surface area contributed by atoms with Crippen LogP contribution in [0.1, 0.15) is 10.4 Å². The van der Waals surface area contributed by atoms with Gasteiger partial charge in [-0.2, -0.15) is 5.10 Å². The summed E-state index contributed by atoms with van der Waals surface area (Å²) in [6.45, 7) is 0. The lowest BCUT2D eigenvalue weighted by Gasteiger charge is -2.06. The number of halogens is 1. The number of H-pyrrole nitrogens is 1. The lowest BCUT2D eigenvalue weighted by Crippen LogP contribution is -2.13. The van der Waals surface area contributed by atoms with Crippen LogP contribution in [-0.2, 0) is 0 Å². The first-order valence-electron chi connectivity index (χ1n) is 5.73. The van der Waals surface area contributed by atoms with Crippen LogP contribution in [0.2, 0.25) is 0 Å². The van der Waals surface area contributed by atoms with E-state index in [1.54, 1.807) is 36.5 Å². The SMILES string of the molecule is O=C(Nc1ccc2[nH]ncc2c1)c1ccccc1F. The van der Waals surface area contributed by atoms with E-state index in [0.717, 1.165) is 10.9 Å². The van der Waals surface area contributed by atoms with Crippen LogP contribution in [0.4, 0.5) is 10.1 Å². The zero-order valence-electron chi connectivity index (χ0n) is 9.85. The predicted octanol–water partition coefficient (Wildman–Crippen LogP) is 2.95. The summed E-state index contributed by atoms with van der Waals surface area (Å²) in [4.78, 5) is 11.9. The third-order valence-corrected chi connectivity index (χ3v) is 2.82. The third kappa shape index (κ3) is 2.18. The van der Waals surface area contributed by atoms with Gasteiger partial charge in [-0.05, 0) is 30.3 Å². The van der Waals surface area contributed by atoms with Crippen LogP contribution < -0.4 is 5.32 Å². The Balaban J connectivity index is 1.88. The van der Waals surface area contributed by atoms with Crippen molar-refractivity contribution in [3.05, 3.63) is 60.0 Å². The van der Waals surface area contributed by atoms with E-state index in [0.29, 0.717) is 5.69 Å². The van der Waals surface area contributed by atoms with Gasteiger partial charge in [-0.15, -0.1) is 0 Å². The minimum absolute atomic E-state index is 0.0230. The van der Waals surface area contributed by atoms with E-state index in [2.05, 4.69) is 15.5 Å². The zero-order chi connectivity index (χ0) is 13.2. The van der Waals surface area contributed by atoms with E-state index in [-0.39, 0.29) is 5.56 Å². The summed E-state index contributed by atoms with van der Waals surface area (Å²) in [7, 11) is 0. The third-order valence-electron chi connectivity index (χ3n) is 2.82. The normalized spacial score (nSPS) is 10.6. The van der Waals surface area contributed by atoms with Gasteiger partial charge in [0.05, 0.1) is 17.3 Å². The molecule has 3 rings (SSSR count). The number of nitrogens with one attached hydrogen (secondary N) is 2. The second-order valence-electron chi connectivity index (χ2n) is 4.11. The number of anilines is 1. The van der Waals surface area contributed by atoms with Gasteiger partial charge in [0.1, 0.15) is 5.82 Å². The number of benzene rings is 2. The van der Waals surface area contributed by atoms with Crippen molar-refractivity contribution in [2.45, 2.75) is 0 Å². The molecule has 0 aliphatic heterocycles. The maximum atomic E-state index is 13.5. The molecule has 0 aliphatic carbocycles. The highest BCUT2D eigenvalue weighted by molar-refractivity contribution is 6.05. The van der Waals surface area contributed by atoms with E-state index >= 15 is 0 Å². The summed E-state index contributed by atoms with van der Waals surface area (Å²) >= 11 is 0. The summed E-state index contributed by atoms with van der Waals surface area (Å²) in [5.41, 5.74) is 1.50. The van der Waals surface area contributed by atoms with Crippen molar-refractivity contribution in [3.8, 4) is 0 Å². The van der Waals surface area contributed by atoms with Crippen LogP contribution >= 0.6 is 0 Å². The van der Waals surface area contributed by atoms with Gasteiger partial charge in [0, 0.05) is 11.1 Å². The Morgan fingerprint density at radius 1 is 1.21 bits per heavy atom. The Hall–Kier alpha value is -2.69. The van der Waals surface area contributed by atoms with E-state index in [4.69, 9.17) is 0 Å². The molecular weight excluding hydrogens is 245 g/mol. The van der Waals surface area contributed by atoms with Crippen molar-refractivity contribution in [3.63, 3.8) is 0 Å². The molecule has 1 amide bonds. The molecule has 0 bridgehead atoms. The molecule has 0 saturated heterocycles. The minimum atomic E-state index is -0.538. The molecule has 0 radical (unpaired) electrons. The maximum absolute atomic E-state index is 13.5. The smallest absolute Gasteiger partial charge is 0.258 e. The number of hydrogen-bond donors (Lipinski definition) is 2. The topological polar surface area (TPSA) is 57.8 Å². The molecule has 5 heteroatoms. The number of rotatable bonds is 2. The van der Waals surface area contributed by atoms with Gasteiger partial charge in [-0.1, -0.05) is 12.1 Å². The Morgan fingerprint density at radius 2 is 2.05 bits per heavy atom. The van der Waals surface area contributed by atoms with Crippen molar-refractivity contribution >= 4 is 22.5 Å². The number of aromatic amines is 1. The number of carbonyl (C=O) groups is 1. The Labute approximate surface area is 108 Å². The molecule has 0 spiro atoms. The van der Waals surface area contributed by atoms with Crippen LogP contribution in [-0.4, -0.2) is 16.1 Å². The van der Waals surface area contributed by atoms with Crippen LogP contribution in [0.3, 0.4) is 0 Å². The standard InChI is InChI=1S/C14H10FN3O/c15-12-4-2-1-3-11(12)14(19)17-10-5-6-13-9(7-10)8-16-18-13/h1-8H,(H,16,18)(H,17,19). The highest BCUT2D eigenvalue weighted by Gasteiger charge is 2.11. The Morgan fingerprint density at radius 3 is 2.89 bits per heavy atom. The zero-order valence-corrected chi connectivity index (χ0v) is 9.85. The fraction of sp³-hybridized carbons (Fsp3) is 0. The van der Waals surface area contributed by atoms with E-state index in [1.165, 1.54) is 12.1 Å². The first-order chi connectivity index (χ1) is 9.24. The lowest BCUT2D eigenvalue weighted by molar-refractivity contribution is 0.102. The van der Waals surface area contributed by atoms with Gasteiger partial charge in [-0.25, -0.2) is 4.39 Å². The molecule has 19 heavy (non-hydrogen) atoms. The number of nitrogens with zero attached hydrogens (tertiary/aromatic N) is 1. The van der Waals surface area contributed by atoms with Crippen LogP contribution in [0.5, 0.6) is 0 Å². The van der Waals surface area contributed by atoms with Gasteiger partial charge < -0.3 is 5.32 Å². The van der Waals surface area contributed by atoms with Crippen molar-refractivity contribution < 1.29 is 9.18 Å². The molecule has 1 aromatic heterocycles. The number of hydrogen-bond acceptors (Lipinski definition) is 2.